The first kappa shape index (κ1) is 24.1. The Kier molecular flexibility index (Phi) is 6.31. The van der Waals surface area contributed by atoms with Crippen molar-refractivity contribution in [3.05, 3.63) is 76.2 Å². The molecule has 5 rings (SSSR count). The summed E-state index contributed by atoms with van der Waals surface area (Å²) in [6.07, 6.45) is 5.93. The van der Waals surface area contributed by atoms with Crippen molar-refractivity contribution in [2.75, 3.05) is 17.2 Å². The highest BCUT2D eigenvalue weighted by molar-refractivity contribution is 6.32. The van der Waals surface area contributed by atoms with Gasteiger partial charge in [0.25, 0.3) is 0 Å². The summed E-state index contributed by atoms with van der Waals surface area (Å²) in [7, 11) is 0. The number of hydrogen-bond donors (Lipinski definition) is 2. The maximum atomic E-state index is 9.78. The molecule has 0 bridgehead atoms. The fraction of sp³-hybridized carbons (Fsp3) is 0.357. The fourth-order valence-corrected chi connectivity index (χ4v) is 4.54. The number of fused-ring (bicyclic) bond motifs is 1. The standard InChI is InChI=1S/C28H30ClN7/c1-17-7-5-6-8-21(17)27(24-15-36(35-34-24)20-9-10-20)33-23-12-19(29)11-22-25(32-16-28(2,3)4)18(13-30)14-31-26(22)23/h5-8,11-12,14-15,20,27,33H,9-10,16H2,1-4H3,(H,31,32)/t27-/m0/s1. The average molecular weight is 500 g/mol. The van der Waals surface area contributed by atoms with Crippen molar-refractivity contribution >= 4 is 33.9 Å². The van der Waals surface area contributed by atoms with Crippen LogP contribution >= 0.6 is 11.6 Å². The van der Waals surface area contributed by atoms with Crippen molar-refractivity contribution in [2.24, 2.45) is 5.41 Å². The van der Waals surface area contributed by atoms with E-state index < -0.39 is 0 Å². The molecule has 2 aromatic carbocycles. The van der Waals surface area contributed by atoms with Crippen LogP contribution < -0.4 is 10.6 Å². The second-order valence-corrected chi connectivity index (χ2v) is 11.1. The van der Waals surface area contributed by atoms with E-state index in [4.69, 9.17) is 11.6 Å². The monoisotopic (exact) mass is 499 g/mol. The van der Waals surface area contributed by atoms with Crippen LogP contribution in [0.1, 0.15) is 68.1 Å². The van der Waals surface area contributed by atoms with Gasteiger partial charge in [-0.1, -0.05) is 61.9 Å². The lowest BCUT2D eigenvalue weighted by atomic mass is 9.96. The summed E-state index contributed by atoms with van der Waals surface area (Å²) in [5.74, 6) is 0. The number of rotatable bonds is 7. The molecule has 4 aromatic rings. The minimum atomic E-state index is -0.246. The van der Waals surface area contributed by atoms with Gasteiger partial charge in [-0.05, 0) is 48.4 Å². The normalized spacial score (nSPS) is 14.4. The quantitative estimate of drug-likeness (QED) is 0.295. The van der Waals surface area contributed by atoms with Crippen molar-refractivity contribution in [3.8, 4) is 6.07 Å². The molecule has 2 heterocycles. The van der Waals surface area contributed by atoms with Crippen LogP contribution in [-0.2, 0) is 0 Å². The van der Waals surface area contributed by atoms with Crippen LogP contribution in [-0.4, -0.2) is 26.5 Å². The Balaban J connectivity index is 1.62. The van der Waals surface area contributed by atoms with E-state index in [9.17, 15) is 5.26 Å². The summed E-state index contributed by atoms with van der Waals surface area (Å²) in [6.45, 7) is 9.24. The molecule has 1 aliphatic carbocycles. The van der Waals surface area contributed by atoms with Gasteiger partial charge < -0.3 is 10.6 Å². The summed E-state index contributed by atoms with van der Waals surface area (Å²) in [5.41, 5.74) is 5.87. The van der Waals surface area contributed by atoms with Gasteiger partial charge in [0.1, 0.15) is 11.8 Å². The number of hydrogen-bond acceptors (Lipinski definition) is 6. The highest BCUT2D eigenvalue weighted by atomic mass is 35.5. The Morgan fingerprint density at radius 3 is 2.69 bits per heavy atom. The Labute approximate surface area is 216 Å². The molecule has 0 aliphatic heterocycles. The third kappa shape index (κ3) is 5.00. The molecule has 2 N–H and O–H groups in total. The van der Waals surface area contributed by atoms with E-state index in [-0.39, 0.29) is 11.5 Å². The molecule has 7 nitrogen and oxygen atoms in total. The molecule has 1 aliphatic rings. The second kappa shape index (κ2) is 9.44. The van der Waals surface area contributed by atoms with Crippen molar-refractivity contribution in [3.63, 3.8) is 0 Å². The lowest BCUT2D eigenvalue weighted by molar-refractivity contribution is 0.443. The van der Waals surface area contributed by atoms with Crippen LogP contribution in [0.25, 0.3) is 10.9 Å². The molecule has 0 radical (unpaired) electrons. The minimum Gasteiger partial charge on any atom is -0.383 e. The zero-order valence-corrected chi connectivity index (χ0v) is 21.8. The van der Waals surface area contributed by atoms with Crippen molar-refractivity contribution in [2.45, 2.75) is 52.6 Å². The molecule has 1 atom stereocenters. The molecule has 0 saturated heterocycles. The molecule has 1 saturated carbocycles. The van der Waals surface area contributed by atoms with Crippen molar-refractivity contribution in [1.82, 2.24) is 20.0 Å². The predicted octanol–water partition coefficient (Wildman–Crippen LogP) is 6.65. The van der Waals surface area contributed by atoms with Gasteiger partial charge in [0.05, 0.1) is 40.7 Å². The number of aromatic nitrogens is 4. The third-order valence-electron chi connectivity index (χ3n) is 6.40. The van der Waals surface area contributed by atoms with Gasteiger partial charge in [-0.2, -0.15) is 5.26 Å². The molecule has 1 fully saturated rings. The molecule has 0 unspecified atom stereocenters. The van der Waals surface area contributed by atoms with Gasteiger partial charge in [-0.25, -0.2) is 4.68 Å². The summed E-state index contributed by atoms with van der Waals surface area (Å²) in [5, 5.41) is 27.2. The topological polar surface area (TPSA) is 91.4 Å². The van der Waals surface area contributed by atoms with Gasteiger partial charge in [-0.3, -0.25) is 4.98 Å². The molecule has 8 heteroatoms. The molecular weight excluding hydrogens is 470 g/mol. The number of nitrogens with one attached hydrogen (secondary N) is 2. The maximum Gasteiger partial charge on any atom is 0.109 e. The van der Waals surface area contributed by atoms with Crippen molar-refractivity contribution < 1.29 is 0 Å². The lowest BCUT2D eigenvalue weighted by Gasteiger charge is -2.23. The number of anilines is 2. The Hall–Kier alpha value is -3.63. The van der Waals surface area contributed by atoms with E-state index in [0.717, 1.165) is 51.9 Å². The number of nitrogens with zero attached hydrogens (tertiary/aromatic N) is 5. The summed E-state index contributed by atoms with van der Waals surface area (Å²) in [6, 6.07) is 14.5. The molecule has 0 spiro atoms. The van der Waals surface area contributed by atoms with E-state index in [0.29, 0.717) is 23.2 Å². The molecular formula is C28H30ClN7. The van der Waals surface area contributed by atoms with Crippen LogP contribution in [0.5, 0.6) is 0 Å². The van der Waals surface area contributed by atoms with Crippen LogP contribution in [0.15, 0.2) is 48.8 Å². The van der Waals surface area contributed by atoms with Crippen LogP contribution in [0.2, 0.25) is 5.02 Å². The number of nitriles is 1. The minimum absolute atomic E-state index is 0.0330. The van der Waals surface area contributed by atoms with Crippen LogP contribution in [0, 0.1) is 23.7 Å². The van der Waals surface area contributed by atoms with E-state index in [2.05, 4.69) is 71.8 Å². The van der Waals surface area contributed by atoms with Crippen LogP contribution in [0.4, 0.5) is 11.4 Å². The van der Waals surface area contributed by atoms with E-state index >= 15 is 0 Å². The summed E-state index contributed by atoms with van der Waals surface area (Å²) in [4.78, 5) is 4.68. The van der Waals surface area contributed by atoms with E-state index in [1.807, 2.05) is 35.1 Å². The number of benzene rings is 2. The zero-order valence-electron chi connectivity index (χ0n) is 21.0. The SMILES string of the molecule is Cc1ccccc1[C@H](Nc1cc(Cl)cc2c(NCC(C)(C)C)c(C#N)cnc12)c1cn(C2CC2)nn1. The molecule has 0 amide bonds. The highest BCUT2D eigenvalue weighted by Gasteiger charge is 2.28. The van der Waals surface area contributed by atoms with Crippen molar-refractivity contribution in [1.29, 1.82) is 5.26 Å². The predicted molar refractivity (Wildman–Crippen MR) is 144 cm³/mol. The van der Waals surface area contributed by atoms with Gasteiger partial charge in [-0.15, -0.1) is 5.10 Å². The summed E-state index contributed by atoms with van der Waals surface area (Å²) < 4.78 is 1.96. The maximum absolute atomic E-state index is 9.78. The molecule has 36 heavy (non-hydrogen) atoms. The van der Waals surface area contributed by atoms with Crippen LogP contribution in [0.3, 0.4) is 0 Å². The number of halogens is 1. The first-order chi connectivity index (χ1) is 17.2. The second-order valence-electron chi connectivity index (χ2n) is 10.7. The smallest absolute Gasteiger partial charge is 0.109 e. The average Bonchev–Trinajstić information content (AvgIpc) is 3.57. The Morgan fingerprint density at radius 2 is 2.00 bits per heavy atom. The van der Waals surface area contributed by atoms with E-state index in [1.54, 1.807) is 6.20 Å². The number of pyridine rings is 1. The van der Waals surface area contributed by atoms with Gasteiger partial charge in [0, 0.05) is 23.2 Å². The number of aryl methyl sites for hydroxylation is 1. The van der Waals surface area contributed by atoms with E-state index in [1.165, 1.54) is 0 Å². The Bertz CT molecular complexity index is 1460. The summed E-state index contributed by atoms with van der Waals surface area (Å²) >= 11 is 6.63. The van der Waals surface area contributed by atoms with Gasteiger partial charge in [0.15, 0.2) is 0 Å². The lowest BCUT2D eigenvalue weighted by Crippen LogP contribution is -2.20. The van der Waals surface area contributed by atoms with Gasteiger partial charge >= 0.3 is 0 Å². The highest BCUT2D eigenvalue weighted by Crippen LogP contribution is 2.38. The molecule has 184 valence electrons. The third-order valence-corrected chi connectivity index (χ3v) is 6.61. The first-order valence-electron chi connectivity index (χ1n) is 12.2. The van der Waals surface area contributed by atoms with Gasteiger partial charge in [0.2, 0.25) is 0 Å². The zero-order chi connectivity index (χ0) is 25.4. The first-order valence-corrected chi connectivity index (χ1v) is 12.6. The Morgan fingerprint density at radius 1 is 1.22 bits per heavy atom. The largest absolute Gasteiger partial charge is 0.383 e. The fourth-order valence-electron chi connectivity index (χ4n) is 4.32. The molecule has 2 aromatic heterocycles.